The number of nitrogens with zero attached hydrogens (tertiary/aromatic N) is 1. The summed E-state index contributed by atoms with van der Waals surface area (Å²) in [5.74, 6) is 4.44. The first-order valence-corrected chi connectivity index (χ1v) is 5.43. The number of likely N-dealkylation sites (N-methyl/N-ethyl adjacent to an activating group) is 1. The SMILES string of the molecule is CN(N)C(=O)C(N)Cc1cc(Br)ccc1F. The number of amides is 1. The number of hydrazine groups is 1. The van der Waals surface area contributed by atoms with Gasteiger partial charge in [0.25, 0.3) is 5.91 Å². The van der Waals surface area contributed by atoms with Gasteiger partial charge >= 0.3 is 0 Å². The molecule has 4 N–H and O–H groups in total. The van der Waals surface area contributed by atoms with Gasteiger partial charge in [0.2, 0.25) is 0 Å². The van der Waals surface area contributed by atoms with Crippen LogP contribution in [0.15, 0.2) is 22.7 Å². The number of carbonyl (C=O) groups excluding carboxylic acids is 1. The van der Waals surface area contributed by atoms with Gasteiger partial charge in [-0.25, -0.2) is 10.2 Å². The smallest absolute Gasteiger partial charge is 0.253 e. The van der Waals surface area contributed by atoms with E-state index in [2.05, 4.69) is 15.9 Å². The quantitative estimate of drug-likeness (QED) is 0.491. The van der Waals surface area contributed by atoms with Crippen LogP contribution in [0.2, 0.25) is 0 Å². The Hall–Kier alpha value is -0.980. The Morgan fingerprint density at radius 3 is 2.81 bits per heavy atom. The Balaban J connectivity index is 2.80. The molecule has 88 valence electrons. The van der Waals surface area contributed by atoms with Crippen molar-refractivity contribution >= 4 is 21.8 Å². The molecule has 0 radical (unpaired) electrons. The molecule has 0 aromatic heterocycles. The van der Waals surface area contributed by atoms with Crippen molar-refractivity contribution in [2.45, 2.75) is 12.5 Å². The van der Waals surface area contributed by atoms with Crippen LogP contribution in [0.25, 0.3) is 0 Å². The zero-order chi connectivity index (χ0) is 12.3. The van der Waals surface area contributed by atoms with Crippen LogP contribution in [0.5, 0.6) is 0 Å². The van der Waals surface area contributed by atoms with E-state index in [1.165, 1.54) is 13.1 Å². The molecule has 4 nitrogen and oxygen atoms in total. The molecule has 1 atom stereocenters. The van der Waals surface area contributed by atoms with Gasteiger partial charge in [-0.15, -0.1) is 0 Å². The van der Waals surface area contributed by atoms with Crippen LogP contribution in [0.1, 0.15) is 5.56 Å². The first-order chi connectivity index (χ1) is 7.41. The molecule has 0 saturated carbocycles. The number of hydrogen-bond donors (Lipinski definition) is 2. The fourth-order valence-electron chi connectivity index (χ4n) is 1.29. The van der Waals surface area contributed by atoms with Crippen molar-refractivity contribution < 1.29 is 9.18 Å². The number of halogens is 2. The van der Waals surface area contributed by atoms with E-state index < -0.39 is 11.9 Å². The lowest BCUT2D eigenvalue weighted by molar-refractivity contribution is -0.131. The second kappa shape index (κ2) is 5.38. The molecular formula is C10H13BrFN3O. The summed E-state index contributed by atoms with van der Waals surface area (Å²) in [6.07, 6.45) is 0.117. The van der Waals surface area contributed by atoms with Crippen LogP contribution in [-0.4, -0.2) is 24.0 Å². The minimum absolute atomic E-state index is 0.117. The standard InChI is InChI=1S/C10H13BrFN3O/c1-15(14)10(16)9(13)5-6-4-7(11)2-3-8(6)12/h2-4,9H,5,13-14H2,1H3. The zero-order valence-electron chi connectivity index (χ0n) is 8.78. The van der Waals surface area contributed by atoms with Crippen molar-refractivity contribution in [3.8, 4) is 0 Å². The molecule has 6 heteroatoms. The maximum Gasteiger partial charge on any atom is 0.253 e. The molecule has 0 heterocycles. The van der Waals surface area contributed by atoms with E-state index in [0.717, 1.165) is 9.48 Å². The average Bonchev–Trinajstić information content (AvgIpc) is 2.22. The van der Waals surface area contributed by atoms with Gasteiger partial charge in [-0.2, -0.15) is 0 Å². The van der Waals surface area contributed by atoms with Crippen molar-refractivity contribution in [3.63, 3.8) is 0 Å². The lowest BCUT2D eigenvalue weighted by Crippen LogP contribution is -2.46. The molecule has 1 aromatic rings. The van der Waals surface area contributed by atoms with Crippen LogP contribution in [0, 0.1) is 5.82 Å². The van der Waals surface area contributed by atoms with Gasteiger partial charge in [0.15, 0.2) is 0 Å². The monoisotopic (exact) mass is 289 g/mol. The van der Waals surface area contributed by atoms with Gasteiger partial charge in [0, 0.05) is 11.5 Å². The van der Waals surface area contributed by atoms with Crippen molar-refractivity contribution in [2.24, 2.45) is 11.6 Å². The molecular weight excluding hydrogens is 277 g/mol. The van der Waals surface area contributed by atoms with E-state index in [-0.39, 0.29) is 12.2 Å². The minimum Gasteiger partial charge on any atom is -0.320 e. The molecule has 0 bridgehead atoms. The first kappa shape index (κ1) is 13.1. The van der Waals surface area contributed by atoms with E-state index in [4.69, 9.17) is 11.6 Å². The Morgan fingerprint density at radius 1 is 1.62 bits per heavy atom. The van der Waals surface area contributed by atoms with Gasteiger partial charge in [-0.3, -0.25) is 9.80 Å². The van der Waals surface area contributed by atoms with Crippen molar-refractivity contribution in [2.75, 3.05) is 7.05 Å². The average molecular weight is 290 g/mol. The van der Waals surface area contributed by atoms with Gasteiger partial charge in [0.05, 0.1) is 6.04 Å². The third-order valence-electron chi connectivity index (χ3n) is 2.11. The summed E-state index contributed by atoms with van der Waals surface area (Å²) >= 11 is 3.22. The zero-order valence-corrected chi connectivity index (χ0v) is 10.4. The number of rotatable bonds is 3. The molecule has 0 fully saturated rings. The molecule has 1 aromatic carbocycles. The van der Waals surface area contributed by atoms with Gasteiger partial charge in [0.1, 0.15) is 5.82 Å². The Labute approximate surface area is 101 Å². The van der Waals surface area contributed by atoms with Gasteiger partial charge in [-0.05, 0) is 30.2 Å². The number of nitrogens with two attached hydrogens (primary N) is 2. The van der Waals surface area contributed by atoms with E-state index in [0.29, 0.717) is 5.56 Å². The maximum absolute atomic E-state index is 13.4. The van der Waals surface area contributed by atoms with Crippen LogP contribution in [-0.2, 0) is 11.2 Å². The summed E-state index contributed by atoms with van der Waals surface area (Å²) in [7, 11) is 1.40. The third-order valence-corrected chi connectivity index (χ3v) is 2.61. The van der Waals surface area contributed by atoms with Crippen LogP contribution in [0.3, 0.4) is 0 Å². The van der Waals surface area contributed by atoms with Crippen molar-refractivity contribution in [1.29, 1.82) is 0 Å². The van der Waals surface area contributed by atoms with E-state index >= 15 is 0 Å². The molecule has 16 heavy (non-hydrogen) atoms. The molecule has 1 amide bonds. The lowest BCUT2D eigenvalue weighted by atomic mass is 10.1. The highest BCUT2D eigenvalue weighted by Gasteiger charge is 2.18. The lowest BCUT2D eigenvalue weighted by Gasteiger charge is -2.16. The predicted molar refractivity (Wildman–Crippen MR) is 62.7 cm³/mol. The number of benzene rings is 1. The molecule has 0 aliphatic heterocycles. The Kier molecular flexibility index (Phi) is 4.40. The number of carbonyl (C=O) groups is 1. The van der Waals surface area contributed by atoms with E-state index in [1.54, 1.807) is 12.1 Å². The summed E-state index contributed by atoms with van der Waals surface area (Å²) in [5.41, 5.74) is 6.00. The van der Waals surface area contributed by atoms with E-state index in [1.807, 2.05) is 0 Å². The fourth-order valence-corrected chi connectivity index (χ4v) is 1.69. The fraction of sp³-hybridized carbons (Fsp3) is 0.300. The highest BCUT2D eigenvalue weighted by Crippen LogP contribution is 2.16. The molecule has 1 unspecified atom stereocenters. The first-order valence-electron chi connectivity index (χ1n) is 4.63. The van der Waals surface area contributed by atoms with Crippen molar-refractivity contribution in [1.82, 2.24) is 5.01 Å². The van der Waals surface area contributed by atoms with E-state index in [9.17, 15) is 9.18 Å². The summed E-state index contributed by atoms with van der Waals surface area (Å²) in [5, 5.41) is 0.903. The Morgan fingerprint density at radius 2 is 2.25 bits per heavy atom. The van der Waals surface area contributed by atoms with Gasteiger partial charge < -0.3 is 5.73 Å². The van der Waals surface area contributed by atoms with Crippen molar-refractivity contribution in [3.05, 3.63) is 34.1 Å². The largest absolute Gasteiger partial charge is 0.320 e. The number of hydrogen-bond acceptors (Lipinski definition) is 3. The van der Waals surface area contributed by atoms with Gasteiger partial charge in [-0.1, -0.05) is 15.9 Å². The highest BCUT2D eigenvalue weighted by molar-refractivity contribution is 9.10. The molecule has 0 spiro atoms. The second-order valence-electron chi connectivity index (χ2n) is 3.50. The summed E-state index contributed by atoms with van der Waals surface area (Å²) in [6, 6.07) is 3.67. The summed E-state index contributed by atoms with van der Waals surface area (Å²) < 4.78 is 14.1. The summed E-state index contributed by atoms with van der Waals surface area (Å²) in [6.45, 7) is 0. The van der Waals surface area contributed by atoms with Crippen LogP contribution < -0.4 is 11.6 Å². The molecule has 0 saturated heterocycles. The topological polar surface area (TPSA) is 72.3 Å². The predicted octanol–water partition coefficient (Wildman–Crippen LogP) is 0.790. The normalized spacial score (nSPS) is 12.3. The van der Waals surface area contributed by atoms with Crippen LogP contribution >= 0.6 is 15.9 Å². The minimum atomic E-state index is -0.834. The maximum atomic E-state index is 13.4. The summed E-state index contributed by atoms with van der Waals surface area (Å²) in [4.78, 5) is 11.4. The second-order valence-corrected chi connectivity index (χ2v) is 4.41. The van der Waals surface area contributed by atoms with Crippen LogP contribution in [0.4, 0.5) is 4.39 Å². The third kappa shape index (κ3) is 3.26. The molecule has 0 aliphatic rings. The molecule has 0 aliphatic carbocycles. The molecule has 1 rings (SSSR count). The highest BCUT2D eigenvalue weighted by atomic mass is 79.9. The Bertz CT molecular complexity index is 398.